The van der Waals surface area contributed by atoms with Crippen LogP contribution in [0.15, 0.2) is 24.3 Å². The molecule has 1 saturated carbocycles. The first-order valence-corrected chi connectivity index (χ1v) is 9.28. The third kappa shape index (κ3) is 6.87. The molecule has 1 aromatic carbocycles. The Balaban J connectivity index is 0.00000182. The van der Waals surface area contributed by atoms with Crippen LogP contribution in [0.4, 0.5) is 5.69 Å². The molecular formula is C19H30Cl2N4O2. The standard InChI is InChI=1S/C19H28N4O2.2ClH/c20-16-6-4-5-15(13-16)19(25)23-11-9-22(10-12-23)14-18(24)21-17-7-2-1-3-8-17;;/h4-6,13,17H,1-3,7-12,14,20H2,(H,21,24);2*1H. The van der Waals surface area contributed by atoms with Crippen molar-refractivity contribution in [3.8, 4) is 0 Å². The van der Waals surface area contributed by atoms with Crippen molar-refractivity contribution < 1.29 is 9.59 Å². The van der Waals surface area contributed by atoms with Gasteiger partial charge in [0, 0.05) is 43.5 Å². The number of carbonyl (C=O) groups excluding carboxylic acids is 2. The highest BCUT2D eigenvalue weighted by atomic mass is 35.5. The van der Waals surface area contributed by atoms with Crippen molar-refractivity contribution in [1.82, 2.24) is 15.1 Å². The largest absolute Gasteiger partial charge is 0.399 e. The summed E-state index contributed by atoms with van der Waals surface area (Å²) in [6.07, 6.45) is 5.93. The minimum atomic E-state index is 0. The lowest BCUT2D eigenvalue weighted by Crippen LogP contribution is -2.52. The normalized spacial score (nSPS) is 18.1. The average Bonchev–Trinajstić information content (AvgIpc) is 2.62. The fourth-order valence-corrected chi connectivity index (χ4v) is 3.69. The van der Waals surface area contributed by atoms with Gasteiger partial charge in [0.05, 0.1) is 6.54 Å². The third-order valence-electron chi connectivity index (χ3n) is 5.13. The summed E-state index contributed by atoms with van der Waals surface area (Å²) >= 11 is 0. The number of anilines is 1. The van der Waals surface area contributed by atoms with Crippen LogP contribution in [0.25, 0.3) is 0 Å². The molecule has 1 aromatic rings. The van der Waals surface area contributed by atoms with Crippen LogP contribution in [0.3, 0.4) is 0 Å². The van der Waals surface area contributed by atoms with Gasteiger partial charge < -0.3 is 16.0 Å². The number of amides is 2. The molecular weight excluding hydrogens is 387 g/mol. The first-order chi connectivity index (χ1) is 12.1. The first kappa shape index (κ1) is 23.5. The van der Waals surface area contributed by atoms with E-state index < -0.39 is 0 Å². The maximum absolute atomic E-state index is 12.5. The molecule has 2 aliphatic rings. The zero-order chi connectivity index (χ0) is 17.6. The second-order valence-electron chi connectivity index (χ2n) is 7.10. The van der Waals surface area contributed by atoms with Gasteiger partial charge in [-0.15, -0.1) is 24.8 Å². The number of piperazine rings is 1. The molecule has 1 heterocycles. The second kappa shape index (κ2) is 11.4. The Bertz CT molecular complexity index is 615. The van der Waals surface area contributed by atoms with Crippen molar-refractivity contribution >= 4 is 42.3 Å². The molecule has 1 aliphatic heterocycles. The second-order valence-corrected chi connectivity index (χ2v) is 7.10. The van der Waals surface area contributed by atoms with Gasteiger partial charge in [-0.2, -0.15) is 0 Å². The summed E-state index contributed by atoms with van der Waals surface area (Å²) in [5.74, 6) is 0.126. The predicted molar refractivity (Wildman–Crippen MR) is 113 cm³/mol. The number of nitrogen functional groups attached to an aromatic ring is 1. The highest BCUT2D eigenvalue weighted by Gasteiger charge is 2.24. The minimum Gasteiger partial charge on any atom is -0.399 e. The number of halogens is 2. The van der Waals surface area contributed by atoms with Gasteiger partial charge in [0.2, 0.25) is 5.91 Å². The summed E-state index contributed by atoms with van der Waals surface area (Å²) in [5, 5.41) is 3.16. The molecule has 0 aromatic heterocycles. The molecule has 152 valence electrons. The molecule has 0 atom stereocenters. The Hall–Kier alpha value is -1.50. The van der Waals surface area contributed by atoms with Crippen LogP contribution >= 0.6 is 24.8 Å². The lowest BCUT2D eigenvalue weighted by atomic mass is 9.95. The molecule has 6 nitrogen and oxygen atoms in total. The Morgan fingerprint density at radius 3 is 2.33 bits per heavy atom. The predicted octanol–water partition coefficient (Wildman–Crippen LogP) is 2.32. The van der Waals surface area contributed by atoms with Crippen LogP contribution in [0.5, 0.6) is 0 Å². The summed E-state index contributed by atoms with van der Waals surface area (Å²) in [7, 11) is 0. The van der Waals surface area contributed by atoms with E-state index in [0.29, 0.717) is 36.9 Å². The lowest BCUT2D eigenvalue weighted by molar-refractivity contribution is -0.123. The summed E-state index contributed by atoms with van der Waals surface area (Å²) in [4.78, 5) is 28.7. The number of nitrogens with zero attached hydrogens (tertiary/aromatic N) is 2. The number of benzene rings is 1. The van der Waals surface area contributed by atoms with Crippen molar-refractivity contribution in [2.24, 2.45) is 0 Å². The maximum atomic E-state index is 12.5. The highest BCUT2D eigenvalue weighted by Crippen LogP contribution is 2.17. The molecule has 0 spiro atoms. The van der Waals surface area contributed by atoms with Crippen molar-refractivity contribution in [2.75, 3.05) is 38.5 Å². The monoisotopic (exact) mass is 416 g/mol. The van der Waals surface area contributed by atoms with Gasteiger partial charge in [-0.1, -0.05) is 25.3 Å². The van der Waals surface area contributed by atoms with E-state index in [9.17, 15) is 9.59 Å². The Morgan fingerprint density at radius 2 is 1.70 bits per heavy atom. The van der Waals surface area contributed by atoms with E-state index in [1.165, 1.54) is 19.3 Å². The van der Waals surface area contributed by atoms with Crippen molar-refractivity contribution in [3.63, 3.8) is 0 Å². The Kier molecular flexibility index (Phi) is 9.91. The molecule has 0 unspecified atom stereocenters. The van der Waals surface area contributed by atoms with Crippen molar-refractivity contribution in [1.29, 1.82) is 0 Å². The molecule has 0 radical (unpaired) electrons. The Labute approximate surface area is 173 Å². The van der Waals surface area contributed by atoms with E-state index in [0.717, 1.165) is 25.9 Å². The molecule has 0 bridgehead atoms. The molecule has 27 heavy (non-hydrogen) atoms. The Morgan fingerprint density at radius 1 is 1.04 bits per heavy atom. The summed E-state index contributed by atoms with van der Waals surface area (Å²) in [5.41, 5.74) is 6.99. The number of hydrogen-bond acceptors (Lipinski definition) is 4. The van der Waals surface area contributed by atoms with E-state index in [4.69, 9.17) is 5.73 Å². The fourth-order valence-electron chi connectivity index (χ4n) is 3.69. The number of nitrogens with one attached hydrogen (secondary N) is 1. The molecule has 3 N–H and O–H groups in total. The maximum Gasteiger partial charge on any atom is 0.254 e. The van der Waals surface area contributed by atoms with Gasteiger partial charge in [-0.3, -0.25) is 14.5 Å². The summed E-state index contributed by atoms with van der Waals surface area (Å²) in [6, 6.07) is 7.44. The van der Waals surface area contributed by atoms with Gasteiger partial charge in [0.1, 0.15) is 0 Å². The van der Waals surface area contributed by atoms with E-state index >= 15 is 0 Å². The SMILES string of the molecule is Cl.Cl.Nc1cccc(C(=O)N2CCN(CC(=O)NC3CCCCC3)CC2)c1. The molecule has 1 aliphatic carbocycles. The zero-order valence-corrected chi connectivity index (χ0v) is 17.2. The third-order valence-corrected chi connectivity index (χ3v) is 5.13. The zero-order valence-electron chi connectivity index (χ0n) is 15.6. The highest BCUT2D eigenvalue weighted by molar-refractivity contribution is 5.95. The molecule has 1 saturated heterocycles. The average molecular weight is 417 g/mol. The van der Waals surface area contributed by atoms with E-state index in [-0.39, 0.29) is 36.6 Å². The van der Waals surface area contributed by atoms with E-state index in [1.807, 2.05) is 4.90 Å². The fraction of sp³-hybridized carbons (Fsp3) is 0.579. The van der Waals surface area contributed by atoms with Crippen LogP contribution in [0, 0.1) is 0 Å². The van der Waals surface area contributed by atoms with Crippen molar-refractivity contribution in [2.45, 2.75) is 38.1 Å². The number of nitrogens with two attached hydrogens (primary N) is 1. The smallest absolute Gasteiger partial charge is 0.254 e. The van der Waals surface area contributed by atoms with Gasteiger partial charge >= 0.3 is 0 Å². The summed E-state index contributed by atoms with van der Waals surface area (Å²) < 4.78 is 0. The topological polar surface area (TPSA) is 78.7 Å². The quantitative estimate of drug-likeness (QED) is 0.738. The van der Waals surface area contributed by atoms with Gasteiger partial charge in [0.15, 0.2) is 0 Å². The summed E-state index contributed by atoms with van der Waals surface area (Å²) in [6.45, 7) is 3.17. The van der Waals surface area contributed by atoms with Crippen molar-refractivity contribution in [3.05, 3.63) is 29.8 Å². The lowest BCUT2D eigenvalue weighted by Gasteiger charge is -2.34. The van der Waals surface area contributed by atoms with Gasteiger partial charge in [0.25, 0.3) is 5.91 Å². The number of rotatable bonds is 4. The molecule has 2 fully saturated rings. The molecule has 3 rings (SSSR count). The van der Waals surface area contributed by atoms with Gasteiger partial charge in [-0.05, 0) is 31.0 Å². The van der Waals surface area contributed by atoms with Crippen LogP contribution in [0.2, 0.25) is 0 Å². The van der Waals surface area contributed by atoms with Crippen LogP contribution in [-0.4, -0.2) is 60.4 Å². The molecule has 8 heteroatoms. The number of hydrogen-bond donors (Lipinski definition) is 2. The molecule has 2 amide bonds. The number of carbonyl (C=O) groups is 2. The van der Waals surface area contributed by atoms with Gasteiger partial charge in [-0.25, -0.2) is 0 Å². The minimum absolute atomic E-state index is 0. The van der Waals surface area contributed by atoms with Crippen LogP contribution < -0.4 is 11.1 Å². The van der Waals surface area contributed by atoms with E-state index in [1.54, 1.807) is 24.3 Å². The van der Waals surface area contributed by atoms with Crippen LogP contribution in [0.1, 0.15) is 42.5 Å². The van der Waals surface area contributed by atoms with E-state index in [2.05, 4.69) is 10.2 Å². The first-order valence-electron chi connectivity index (χ1n) is 9.28. The van der Waals surface area contributed by atoms with Crippen LogP contribution in [-0.2, 0) is 4.79 Å².